The molecular formula is C8H8F6N2O. The predicted octanol–water partition coefficient (Wildman–Crippen LogP) is 2.19. The van der Waals surface area contributed by atoms with E-state index in [4.69, 9.17) is 0 Å². The Morgan fingerprint density at radius 1 is 1.18 bits per heavy atom. The maximum atomic E-state index is 12.3. The molecule has 0 saturated heterocycles. The van der Waals surface area contributed by atoms with E-state index in [0.717, 1.165) is 17.0 Å². The second-order valence-corrected chi connectivity index (χ2v) is 3.40. The molecule has 0 saturated carbocycles. The summed E-state index contributed by atoms with van der Waals surface area (Å²) in [5, 5.41) is 9.20. The number of hydrogen-bond donors (Lipinski definition) is 1. The Labute approximate surface area is 91.7 Å². The zero-order chi connectivity index (χ0) is 13.4. The largest absolute Gasteiger partial charge is 0.403 e. The smallest absolute Gasteiger partial charge is 0.384 e. The topological polar surface area (TPSA) is 38.0 Å². The van der Waals surface area contributed by atoms with Crippen molar-refractivity contribution in [2.45, 2.75) is 18.5 Å². The zero-order valence-corrected chi connectivity index (χ0v) is 8.42. The van der Waals surface area contributed by atoms with Crippen LogP contribution in [0.15, 0.2) is 12.4 Å². The number of aryl methyl sites for hydroxylation is 1. The van der Waals surface area contributed by atoms with Gasteiger partial charge in [-0.05, 0) is 0 Å². The van der Waals surface area contributed by atoms with Crippen molar-refractivity contribution in [3.05, 3.63) is 18.2 Å². The third kappa shape index (κ3) is 2.90. The first-order valence-corrected chi connectivity index (χ1v) is 4.34. The molecule has 1 rings (SSSR count). The number of imidazole rings is 1. The van der Waals surface area contributed by atoms with Gasteiger partial charge in [0, 0.05) is 19.4 Å². The molecule has 0 fully saturated rings. The molecule has 17 heavy (non-hydrogen) atoms. The molecule has 0 aliphatic rings. The molecule has 1 unspecified atom stereocenters. The van der Waals surface area contributed by atoms with E-state index >= 15 is 0 Å². The summed E-state index contributed by atoms with van der Waals surface area (Å²) >= 11 is 0. The monoisotopic (exact) mass is 262 g/mol. The summed E-state index contributed by atoms with van der Waals surface area (Å²) in [5.41, 5.74) is 0. The predicted molar refractivity (Wildman–Crippen MR) is 43.8 cm³/mol. The fourth-order valence-electron chi connectivity index (χ4n) is 1.35. The minimum Gasteiger partial charge on any atom is -0.384 e. The first-order valence-electron chi connectivity index (χ1n) is 4.34. The Morgan fingerprint density at radius 3 is 1.94 bits per heavy atom. The maximum absolute atomic E-state index is 12.3. The van der Waals surface area contributed by atoms with E-state index < -0.39 is 30.2 Å². The Kier molecular flexibility index (Phi) is 3.42. The summed E-state index contributed by atoms with van der Waals surface area (Å²) in [5.74, 6) is -4.54. The Balaban J connectivity index is 3.13. The lowest BCUT2D eigenvalue weighted by molar-refractivity contribution is -0.308. The minimum absolute atomic E-state index is 0.690. The second-order valence-electron chi connectivity index (χ2n) is 3.40. The van der Waals surface area contributed by atoms with Crippen LogP contribution in [0.3, 0.4) is 0 Å². The average molecular weight is 262 g/mol. The van der Waals surface area contributed by atoms with Crippen molar-refractivity contribution in [3.63, 3.8) is 0 Å². The van der Waals surface area contributed by atoms with Crippen LogP contribution in [0.5, 0.6) is 0 Å². The quantitative estimate of drug-likeness (QED) is 0.830. The van der Waals surface area contributed by atoms with Gasteiger partial charge in [0.1, 0.15) is 11.9 Å². The number of aromatic nitrogens is 2. The lowest BCUT2D eigenvalue weighted by Gasteiger charge is -2.26. The van der Waals surface area contributed by atoms with Crippen molar-refractivity contribution in [1.82, 2.24) is 9.55 Å². The Hall–Kier alpha value is -1.25. The van der Waals surface area contributed by atoms with Gasteiger partial charge in [-0.1, -0.05) is 0 Å². The van der Waals surface area contributed by atoms with Crippen LogP contribution < -0.4 is 0 Å². The van der Waals surface area contributed by atoms with Gasteiger partial charge in [-0.2, -0.15) is 26.3 Å². The van der Waals surface area contributed by atoms with Crippen LogP contribution in [0.4, 0.5) is 26.3 Å². The second kappa shape index (κ2) is 4.21. The van der Waals surface area contributed by atoms with Gasteiger partial charge < -0.3 is 9.67 Å². The standard InChI is InChI=1S/C8H8F6N2O/c1-16-3-2-15-6(16)4(17)5(7(9,10)11)8(12,13)14/h2-5,17H,1H3. The summed E-state index contributed by atoms with van der Waals surface area (Å²) < 4.78 is 74.5. The molecule has 1 aromatic rings. The fraction of sp³-hybridized carbons (Fsp3) is 0.625. The highest BCUT2D eigenvalue weighted by molar-refractivity contribution is 5.00. The molecular weight excluding hydrogens is 254 g/mol. The van der Waals surface area contributed by atoms with Crippen molar-refractivity contribution in [1.29, 1.82) is 0 Å². The molecule has 0 spiro atoms. The molecule has 0 aliphatic heterocycles. The van der Waals surface area contributed by atoms with Crippen LogP contribution in [0.25, 0.3) is 0 Å². The van der Waals surface area contributed by atoms with Crippen molar-refractivity contribution in [2.24, 2.45) is 13.0 Å². The third-order valence-corrected chi connectivity index (χ3v) is 2.14. The Bertz CT molecular complexity index is 368. The number of rotatable bonds is 2. The highest BCUT2D eigenvalue weighted by Crippen LogP contribution is 2.45. The molecule has 3 nitrogen and oxygen atoms in total. The van der Waals surface area contributed by atoms with Crippen LogP contribution in [0.1, 0.15) is 11.9 Å². The highest BCUT2D eigenvalue weighted by atomic mass is 19.4. The van der Waals surface area contributed by atoms with Crippen LogP contribution in [-0.2, 0) is 7.05 Å². The van der Waals surface area contributed by atoms with Gasteiger partial charge in [0.05, 0.1) is 0 Å². The van der Waals surface area contributed by atoms with Crippen molar-refractivity contribution < 1.29 is 31.4 Å². The summed E-state index contributed by atoms with van der Waals surface area (Å²) in [6.45, 7) is 0. The number of aliphatic hydroxyl groups excluding tert-OH is 1. The number of alkyl halides is 6. The number of aliphatic hydroxyl groups is 1. The van der Waals surface area contributed by atoms with E-state index in [1.54, 1.807) is 0 Å². The minimum atomic E-state index is -5.59. The molecule has 0 aliphatic carbocycles. The molecule has 0 bridgehead atoms. The first kappa shape index (κ1) is 13.8. The van der Waals surface area contributed by atoms with Gasteiger partial charge in [0.15, 0.2) is 5.92 Å². The van der Waals surface area contributed by atoms with Crippen LogP contribution >= 0.6 is 0 Å². The van der Waals surface area contributed by atoms with E-state index in [2.05, 4.69) is 4.98 Å². The molecule has 1 heterocycles. The zero-order valence-electron chi connectivity index (χ0n) is 8.42. The van der Waals surface area contributed by atoms with Gasteiger partial charge in [-0.25, -0.2) is 4.98 Å². The van der Waals surface area contributed by atoms with Gasteiger partial charge in [-0.15, -0.1) is 0 Å². The fourth-order valence-corrected chi connectivity index (χ4v) is 1.35. The number of hydrogen-bond acceptors (Lipinski definition) is 2. The molecule has 1 N–H and O–H groups in total. The average Bonchev–Trinajstić information content (AvgIpc) is 2.45. The van der Waals surface area contributed by atoms with Gasteiger partial charge in [0.2, 0.25) is 0 Å². The lowest BCUT2D eigenvalue weighted by Crippen LogP contribution is -2.41. The summed E-state index contributed by atoms with van der Waals surface area (Å²) in [6.07, 6.45) is -11.8. The first-order chi connectivity index (χ1) is 7.55. The molecule has 1 aromatic heterocycles. The summed E-state index contributed by atoms with van der Waals surface area (Å²) in [7, 11) is 1.19. The van der Waals surface area contributed by atoms with Crippen molar-refractivity contribution in [2.75, 3.05) is 0 Å². The van der Waals surface area contributed by atoms with Gasteiger partial charge >= 0.3 is 12.4 Å². The molecule has 0 aromatic carbocycles. The summed E-state index contributed by atoms with van der Waals surface area (Å²) in [4.78, 5) is 3.28. The van der Waals surface area contributed by atoms with Crippen LogP contribution in [-0.4, -0.2) is 27.0 Å². The van der Waals surface area contributed by atoms with Crippen molar-refractivity contribution in [3.8, 4) is 0 Å². The highest BCUT2D eigenvalue weighted by Gasteiger charge is 2.61. The molecule has 0 radical (unpaired) electrons. The lowest BCUT2D eigenvalue weighted by atomic mass is 10.0. The third-order valence-electron chi connectivity index (χ3n) is 2.14. The van der Waals surface area contributed by atoms with E-state index in [1.807, 2.05) is 0 Å². The van der Waals surface area contributed by atoms with E-state index in [-0.39, 0.29) is 0 Å². The molecule has 98 valence electrons. The summed E-state index contributed by atoms with van der Waals surface area (Å²) in [6, 6.07) is 0. The van der Waals surface area contributed by atoms with Gasteiger partial charge in [-0.3, -0.25) is 0 Å². The molecule has 0 amide bonds. The van der Waals surface area contributed by atoms with E-state index in [9.17, 15) is 31.4 Å². The molecule has 9 heteroatoms. The van der Waals surface area contributed by atoms with Crippen LogP contribution in [0.2, 0.25) is 0 Å². The van der Waals surface area contributed by atoms with Crippen molar-refractivity contribution >= 4 is 0 Å². The number of nitrogens with zero attached hydrogens (tertiary/aromatic N) is 2. The SMILES string of the molecule is Cn1ccnc1C(O)C(C(F)(F)F)C(F)(F)F. The molecule has 1 atom stereocenters. The Morgan fingerprint density at radius 2 is 1.65 bits per heavy atom. The van der Waals surface area contributed by atoms with E-state index in [1.165, 1.54) is 7.05 Å². The number of halogens is 6. The van der Waals surface area contributed by atoms with Crippen LogP contribution in [0, 0.1) is 5.92 Å². The normalized spacial score (nSPS) is 15.4. The van der Waals surface area contributed by atoms with Gasteiger partial charge in [0.25, 0.3) is 0 Å². The van der Waals surface area contributed by atoms with E-state index in [0.29, 0.717) is 0 Å². The maximum Gasteiger partial charge on any atom is 0.403 e.